The van der Waals surface area contributed by atoms with Crippen LogP contribution in [0.25, 0.3) is 0 Å². The summed E-state index contributed by atoms with van der Waals surface area (Å²) in [4.78, 5) is 8.08. The predicted molar refractivity (Wildman–Crippen MR) is 82.9 cm³/mol. The van der Waals surface area contributed by atoms with Crippen LogP contribution in [-0.4, -0.2) is 42.4 Å². The number of methoxy groups -OCH3 is 1. The van der Waals surface area contributed by atoms with Crippen molar-refractivity contribution in [1.29, 1.82) is 0 Å². The van der Waals surface area contributed by atoms with E-state index in [9.17, 15) is 0 Å². The van der Waals surface area contributed by atoms with Gasteiger partial charge in [0.25, 0.3) is 0 Å². The van der Waals surface area contributed by atoms with Crippen LogP contribution in [0.5, 0.6) is 6.01 Å². The number of nitrogens with two attached hydrogens (primary N) is 1. The number of ether oxygens (including phenoxy) is 2. The van der Waals surface area contributed by atoms with Crippen molar-refractivity contribution >= 4 is 17.4 Å². The van der Waals surface area contributed by atoms with E-state index in [0.717, 1.165) is 45.3 Å². The molecular formula is C14H23ClN4O2. The second kappa shape index (κ2) is 8.36. The molecule has 2 rings (SSSR count). The van der Waals surface area contributed by atoms with Crippen molar-refractivity contribution in [3.05, 3.63) is 11.2 Å². The third-order valence-corrected chi connectivity index (χ3v) is 3.87. The Morgan fingerprint density at radius 1 is 1.38 bits per heavy atom. The molecule has 1 aliphatic rings. The van der Waals surface area contributed by atoms with Crippen molar-refractivity contribution in [1.82, 2.24) is 9.97 Å². The first-order valence-electron chi connectivity index (χ1n) is 7.36. The Kier molecular flexibility index (Phi) is 6.48. The molecule has 3 N–H and O–H groups in total. The smallest absolute Gasteiger partial charge is 0.318 e. The second-order valence-electron chi connectivity index (χ2n) is 5.24. The zero-order valence-electron chi connectivity index (χ0n) is 12.3. The summed E-state index contributed by atoms with van der Waals surface area (Å²) in [5.74, 6) is 0.590. The molecule has 0 bridgehead atoms. The SMILES string of the molecule is COc1ncc(Cl)c(NCCCOC2CCC(N)CC2)n1. The lowest BCUT2D eigenvalue weighted by molar-refractivity contribution is 0.0251. The summed E-state index contributed by atoms with van der Waals surface area (Å²) in [5, 5.41) is 3.65. The van der Waals surface area contributed by atoms with Gasteiger partial charge in [0, 0.05) is 19.2 Å². The zero-order chi connectivity index (χ0) is 15.1. The number of rotatable bonds is 7. The molecule has 0 saturated heterocycles. The quantitative estimate of drug-likeness (QED) is 0.751. The summed E-state index contributed by atoms with van der Waals surface area (Å²) in [6, 6.07) is 0.665. The van der Waals surface area contributed by atoms with Gasteiger partial charge in [-0.3, -0.25) is 0 Å². The van der Waals surface area contributed by atoms with Gasteiger partial charge < -0.3 is 20.5 Å². The molecule has 0 radical (unpaired) electrons. The van der Waals surface area contributed by atoms with Gasteiger partial charge in [0.1, 0.15) is 5.02 Å². The first-order valence-corrected chi connectivity index (χ1v) is 7.74. The lowest BCUT2D eigenvalue weighted by Crippen LogP contribution is -2.30. The van der Waals surface area contributed by atoms with Gasteiger partial charge in [-0.15, -0.1) is 0 Å². The first kappa shape index (κ1) is 16.3. The van der Waals surface area contributed by atoms with E-state index in [1.54, 1.807) is 0 Å². The van der Waals surface area contributed by atoms with E-state index in [0.29, 0.717) is 29.0 Å². The lowest BCUT2D eigenvalue weighted by Gasteiger charge is -2.26. The molecule has 0 atom stereocenters. The maximum absolute atomic E-state index is 6.02. The molecular weight excluding hydrogens is 292 g/mol. The van der Waals surface area contributed by atoms with Gasteiger partial charge in [-0.1, -0.05) is 11.6 Å². The summed E-state index contributed by atoms with van der Waals surface area (Å²) in [7, 11) is 1.52. The van der Waals surface area contributed by atoms with Crippen LogP contribution in [0.4, 0.5) is 5.82 Å². The van der Waals surface area contributed by atoms with Crippen molar-refractivity contribution in [2.24, 2.45) is 5.73 Å². The van der Waals surface area contributed by atoms with Crippen molar-refractivity contribution in [2.45, 2.75) is 44.2 Å². The number of anilines is 1. The van der Waals surface area contributed by atoms with Crippen LogP contribution in [0.1, 0.15) is 32.1 Å². The molecule has 1 aromatic heterocycles. The average molecular weight is 315 g/mol. The number of hydrogen-bond donors (Lipinski definition) is 2. The van der Waals surface area contributed by atoms with Crippen molar-refractivity contribution in [2.75, 3.05) is 25.6 Å². The molecule has 0 aliphatic heterocycles. The molecule has 1 heterocycles. The van der Waals surface area contributed by atoms with Crippen molar-refractivity contribution < 1.29 is 9.47 Å². The van der Waals surface area contributed by atoms with Crippen LogP contribution in [-0.2, 0) is 4.74 Å². The highest BCUT2D eigenvalue weighted by molar-refractivity contribution is 6.32. The molecule has 1 aliphatic carbocycles. The lowest BCUT2D eigenvalue weighted by atomic mass is 9.94. The number of nitrogens with one attached hydrogen (secondary N) is 1. The number of hydrogen-bond acceptors (Lipinski definition) is 6. The van der Waals surface area contributed by atoms with E-state index in [2.05, 4.69) is 15.3 Å². The monoisotopic (exact) mass is 314 g/mol. The molecule has 118 valence electrons. The van der Waals surface area contributed by atoms with Gasteiger partial charge in [0.2, 0.25) is 0 Å². The average Bonchev–Trinajstić information content (AvgIpc) is 2.50. The summed E-state index contributed by atoms with van der Waals surface area (Å²) in [6.45, 7) is 1.47. The molecule has 6 nitrogen and oxygen atoms in total. The van der Waals surface area contributed by atoms with Gasteiger partial charge in [-0.05, 0) is 32.1 Å². The molecule has 0 spiro atoms. The van der Waals surface area contributed by atoms with E-state index < -0.39 is 0 Å². The zero-order valence-corrected chi connectivity index (χ0v) is 13.1. The minimum absolute atomic E-state index is 0.302. The molecule has 0 unspecified atom stereocenters. The summed E-state index contributed by atoms with van der Waals surface area (Å²) in [5.41, 5.74) is 5.88. The Bertz CT molecular complexity index is 439. The molecule has 1 fully saturated rings. The molecule has 0 aromatic carbocycles. The number of halogens is 1. The van der Waals surface area contributed by atoms with Crippen LogP contribution >= 0.6 is 11.6 Å². The minimum atomic E-state index is 0.302. The highest BCUT2D eigenvalue weighted by Gasteiger charge is 2.18. The predicted octanol–water partition coefficient (Wildman–Crippen LogP) is 2.23. The third-order valence-electron chi connectivity index (χ3n) is 3.59. The van der Waals surface area contributed by atoms with Crippen LogP contribution in [0, 0.1) is 0 Å². The van der Waals surface area contributed by atoms with Gasteiger partial charge in [-0.25, -0.2) is 4.98 Å². The van der Waals surface area contributed by atoms with Crippen molar-refractivity contribution in [3.8, 4) is 6.01 Å². The topological polar surface area (TPSA) is 82.3 Å². The highest BCUT2D eigenvalue weighted by Crippen LogP contribution is 2.21. The number of nitrogens with zero attached hydrogens (tertiary/aromatic N) is 2. The van der Waals surface area contributed by atoms with Gasteiger partial charge >= 0.3 is 6.01 Å². The summed E-state index contributed by atoms with van der Waals surface area (Å²) < 4.78 is 10.8. The third kappa shape index (κ3) is 5.30. The largest absolute Gasteiger partial charge is 0.467 e. The highest BCUT2D eigenvalue weighted by atomic mass is 35.5. The number of aromatic nitrogens is 2. The van der Waals surface area contributed by atoms with Gasteiger partial charge in [-0.2, -0.15) is 4.98 Å². The van der Waals surface area contributed by atoms with Crippen molar-refractivity contribution in [3.63, 3.8) is 0 Å². The van der Waals surface area contributed by atoms with E-state index in [1.165, 1.54) is 13.3 Å². The Morgan fingerprint density at radius 2 is 2.14 bits per heavy atom. The second-order valence-corrected chi connectivity index (χ2v) is 5.65. The van der Waals surface area contributed by atoms with E-state index in [1.807, 2.05) is 0 Å². The van der Waals surface area contributed by atoms with Gasteiger partial charge in [0.15, 0.2) is 5.82 Å². The fourth-order valence-electron chi connectivity index (χ4n) is 2.36. The van der Waals surface area contributed by atoms with Gasteiger partial charge in [0.05, 0.1) is 19.4 Å². The fraction of sp³-hybridized carbons (Fsp3) is 0.714. The Morgan fingerprint density at radius 3 is 2.86 bits per heavy atom. The molecule has 1 aromatic rings. The Balaban J connectivity index is 1.63. The summed E-state index contributed by atoms with van der Waals surface area (Å²) in [6.07, 6.45) is 7.07. The maximum Gasteiger partial charge on any atom is 0.318 e. The standard InChI is InChI=1S/C14H23ClN4O2/c1-20-14-18-9-12(15)13(19-14)17-7-2-8-21-11-5-3-10(16)4-6-11/h9-11H,2-8,16H2,1H3,(H,17,18,19). The molecule has 0 amide bonds. The molecule has 1 saturated carbocycles. The van der Waals surface area contributed by atoms with E-state index in [4.69, 9.17) is 26.8 Å². The fourth-order valence-corrected chi connectivity index (χ4v) is 2.52. The van der Waals surface area contributed by atoms with Crippen LogP contribution < -0.4 is 15.8 Å². The normalized spacial score (nSPS) is 22.0. The first-order chi connectivity index (χ1) is 10.2. The summed E-state index contributed by atoms with van der Waals surface area (Å²) >= 11 is 6.02. The van der Waals surface area contributed by atoms with E-state index in [-0.39, 0.29) is 0 Å². The molecule has 7 heteroatoms. The van der Waals surface area contributed by atoms with Crippen LogP contribution in [0.15, 0.2) is 6.20 Å². The van der Waals surface area contributed by atoms with Crippen LogP contribution in [0.2, 0.25) is 5.02 Å². The Labute approximate surface area is 130 Å². The Hall–Kier alpha value is -1.11. The van der Waals surface area contributed by atoms with Crippen LogP contribution in [0.3, 0.4) is 0 Å². The van der Waals surface area contributed by atoms with E-state index >= 15 is 0 Å². The molecule has 21 heavy (non-hydrogen) atoms. The minimum Gasteiger partial charge on any atom is -0.467 e. The maximum atomic E-state index is 6.02.